The maximum absolute atomic E-state index is 13.0. The highest BCUT2D eigenvalue weighted by Gasteiger charge is 2.36. The molecule has 0 radical (unpaired) electrons. The lowest BCUT2D eigenvalue weighted by Gasteiger charge is -2.20. The molecule has 0 N–H and O–H groups in total. The molecular weight excluding hydrogens is 331 g/mol. The number of anilines is 2. The van der Waals surface area contributed by atoms with Gasteiger partial charge in [-0.2, -0.15) is 18.2 Å². The van der Waals surface area contributed by atoms with Gasteiger partial charge in [-0.3, -0.25) is 0 Å². The first kappa shape index (κ1) is 17.3. The van der Waals surface area contributed by atoms with Crippen LogP contribution in [0.5, 0.6) is 5.88 Å². The fraction of sp³-hybridized carbons (Fsp3) is 0.333. The van der Waals surface area contributed by atoms with E-state index in [-0.39, 0.29) is 5.95 Å². The van der Waals surface area contributed by atoms with E-state index in [1.807, 2.05) is 0 Å². The van der Waals surface area contributed by atoms with Crippen LogP contribution in [0, 0.1) is 0 Å². The predicted molar refractivity (Wildman–Crippen MR) is 82.3 cm³/mol. The number of nitrogens with zero attached hydrogens (tertiary/aromatic N) is 3. The van der Waals surface area contributed by atoms with Crippen LogP contribution in [0.2, 0.25) is 5.02 Å². The molecule has 0 aliphatic carbocycles. The van der Waals surface area contributed by atoms with E-state index in [9.17, 15) is 13.2 Å². The van der Waals surface area contributed by atoms with E-state index >= 15 is 0 Å². The van der Waals surface area contributed by atoms with Gasteiger partial charge in [-0.25, -0.2) is 4.98 Å². The first-order chi connectivity index (χ1) is 10.7. The maximum atomic E-state index is 13.0. The molecule has 23 heavy (non-hydrogen) atoms. The van der Waals surface area contributed by atoms with Crippen LogP contribution >= 0.6 is 11.6 Å². The Morgan fingerprint density at radius 1 is 1.17 bits per heavy atom. The third-order valence-electron chi connectivity index (χ3n) is 2.91. The standard InChI is InChI=1S/C15H15ClF3N3O/c1-9(2)23-13-12(15(17,18)19)8-20-14(21-13)22(3)11-6-4-10(16)5-7-11/h4-9H,1-3H3. The Hall–Kier alpha value is -2.02. The van der Waals surface area contributed by atoms with Gasteiger partial charge in [0, 0.05) is 24.0 Å². The van der Waals surface area contributed by atoms with Crippen molar-refractivity contribution in [2.75, 3.05) is 11.9 Å². The molecule has 0 fully saturated rings. The van der Waals surface area contributed by atoms with Gasteiger partial charge in [-0.05, 0) is 38.1 Å². The molecule has 2 rings (SSSR count). The molecule has 0 spiro atoms. The summed E-state index contributed by atoms with van der Waals surface area (Å²) in [5.41, 5.74) is -0.316. The normalized spacial score (nSPS) is 11.7. The molecule has 0 aliphatic rings. The zero-order valence-corrected chi connectivity index (χ0v) is 13.5. The highest BCUT2D eigenvalue weighted by molar-refractivity contribution is 6.30. The second-order valence-corrected chi connectivity index (χ2v) is 5.53. The van der Waals surface area contributed by atoms with E-state index in [1.165, 1.54) is 0 Å². The fourth-order valence-electron chi connectivity index (χ4n) is 1.81. The molecule has 8 heteroatoms. The van der Waals surface area contributed by atoms with Crippen LogP contribution in [-0.2, 0) is 6.18 Å². The average Bonchev–Trinajstić information content (AvgIpc) is 2.45. The first-order valence-corrected chi connectivity index (χ1v) is 7.16. The van der Waals surface area contributed by atoms with Crippen molar-refractivity contribution < 1.29 is 17.9 Å². The quantitative estimate of drug-likeness (QED) is 0.804. The van der Waals surface area contributed by atoms with Crippen molar-refractivity contribution in [3.63, 3.8) is 0 Å². The Kier molecular flexibility index (Phi) is 4.99. The number of hydrogen-bond donors (Lipinski definition) is 0. The molecule has 1 aromatic heterocycles. The Labute approximate surface area is 136 Å². The monoisotopic (exact) mass is 345 g/mol. The van der Waals surface area contributed by atoms with Crippen molar-refractivity contribution in [2.45, 2.75) is 26.1 Å². The summed E-state index contributed by atoms with van der Waals surface area (Å²) in [6.45, 7) is 3.26. The second-order valence-electron chi connectivity index (χ2n) is 5.09. The van der Waals surface area contributed by atoms with Gasteiger partial charge in [-0.15, -0.1) is 0 Å². The largest absolute Gasteiger partial charge is 0.474 e. The molecule has 0 unspecified atom stereocenters. The first-order valence-electron chi connectivity index (χ1n) is 6.78. The minimum Gasteiger partial charge on any atom is -0.474 e. The number of hydrogen-bond acceptors (Lipinski definition) is 4. The average molecular weight is 346 g/mol. The van der Waals surface area contributed by atoms with Gasteiger partial charge in [0.15, 0.2) is 0 Å². The van der Waals surface area contributed by atoms with E-state index in [4.69, 9.17) is 16.3 Å². The van der Waals surface area contributed by atoms with E-state index in [0.717, 1.165) is 6.20 Å². The summed E-state index contributed by atoms with van der Waals surface area (Å²) in [7, 11) is 1.64. The van der Waals surface area contributed by atoms with Crippen LogP contribution in [0.4, 0.5) is 24.8 Å². The predicted octanol–water partition coefficient (Wildman–Crippen LogP) is 4.70. The topological polar surface area (TPSA) is 38.2 Å². The van der Waals surface area contributed by atoms with Crippen LogP contribution in [0.1, 0.15) is 19.4 Å². The second kappa shape index (κ2) is 6.62. The van der Waals surface area contributed by atoms with Crippen molar-refractivity contribution in [3.05, 3.63) is 41.0 Å². The Bertz CT molecular complexity index is 675. The van der Waals surface area contributed by atoms with Crippen molar-refractivity contribution in [1.29, 1.82) is 0 Å². The molecule has 0 saturated heterocycles. The number of benzene rings is 1. The van der Waals surface area contributed by atoms with Crippen LogP contribution in [0.15, 0.2) is 30.5 Å². The summed E-state index contributed by atoms with van der Waals surface area (Å²) in [6, 6.07) is 6.77. The van der Waals surface area contributed by atoms with Gasteiger partial charge in [0.05, 0.1) is 6.10 Å². The Morgan fingerprint density at radius 3 is 2.30 bits per heavy atom. The number of halogens is 4. The van der Waals surface area contributed by atoms with Gasteiger partial charge in [-0.1, -0.05) is 11.6 Å². The van der Waals surface area contributed by atoms with Gasteiger partial charge < -0.3 is 9.64 Å². The summed E-state index contributed by atoms with van der Waals surface area (Å²) in [5.74, 6) is -0.394. The molecule has 0 amide bonds. The third-order valence-corrected chi connectivity index (χ3v) is 3.16. The molecule has 2 aromatic rings. The van der Waals surface area contributed by atoms with Gasteiger partial charge >= 0.3 is 6.18 Å². The summed E-state index contributed by atoms with van der Waals surface area (Å²) in [6.07, 6.45) is -4.30. The summed E-state index contributed by atoms with van der Waals surface area (Å²) in [4.78, 5) is 9.26. The lowest BCUT2D eigenvalue weighted by molar-refractivity contribution is -0.139. The summed E-state index contributed by atoms with van der Waals surface area (Å²) >= 11 is 5.82. The van der Waals surface area contributed by atoms with E-state index < -0.39 is 23.7 Å². The van der Waals surface area contributed by atoms with Crippen molar-refractivity contribution in [1.82, 2.24) is 9.97 Å². The van der Waals surface area contributed by atoms with Crippen molar-refractivity contribution in [2.24, 2.45) is 0 Å². The van der Waals surface area contributed by atoms with Crippen molar-refractivity contribution in [3.8, 4) is 5.88 Å². The number of rotatable bonds is 4. The molecule has 0 bridgehead atoms. The highest BCUT2D eigenvalue weighted by Crippen LogP contribution is 2.36. The van der Waals surface area contributed by atoms with Crippen LogP contribution in [0.25, 0.3) is 0 Å². The molecule has 0 saturated carbocycles. The Balaban J connectivity index is 2.41. The highest BCUT2D eigenvalue weighted by atomic mass is 35.5. The third kappa shape index (κ3) is 4.25. The SMILES string of the molecule is CC(C)Oc1nc(N(C)c2ccc(Cl)cc2)ncc1C(F)(F)F. The molecule has 0 atom stereocenters. The minimum atomic E-state index is -4.58. The van der Waals surface area contributed by atoms with Crippen LogP contribution in [-0.4, -0.2) is 23.1 Å². The van der Waals surface area contributed by atoms with Crippen LogP contribution < -0.4 is 9.64 Å². The van der Waals surface area contributed by atoms with Crippen LogP contribution in [0.3, 0.4) is 0 Å². The lowest BCUT2D eigenvalue weighted by atomic mass is 10.3. The molecule has 1 heterocycles. The lowest BCUT2D eigenvalue weighted by Crippen LogP contribution is -2.18. The summed E-state index contributed by atoms with van der Waals surface area (Å²) in [5, 5.41) is 0.555. The zero-order valence-electron chi connectivity index (χ0n) is 12.7. The van der Waals surface area contributed by atoms with E-state index in [2.05, 4.69) is 9.97 Å². The molecule has 124 valence electrons. The number of alkyl halides is 3. The van der Waals surface area contributed by atoms with Gasteiger partial charge in [0.2, 0.25) is 11.8 Å². The van der Waals surface area contributed by atoms with Gasteiger partial charge in [0.1, 0.15) is 5.56 Å². The minimum absolute atomic E-state index is 0.0935. The number of ether oxygens (including phenoxy) is 1. The van der Waals surface area contributed by atoms with E-state index in [1.54, 1.807) is 50.1 Å². The zero-order chi connectivity index (χ0) is 17.2. The fourth-order valence-corrected chi connectivity index (χ4v) is 1.93. The summed E-state index contributed by atoms with van der Waals surface area (Å²) < 4.78 is 44.2. The van der Waals surface area contributed by atoms with Crippen molar-refractivity contribution >= 4 is 23.2 Å². The molecule has 1 aromatic carbocycles. The van der Waals surface area contributed by atoms with Gasteiger partial charge in [0.25, 0.3) is 0 Å². The molecule has 4 nitrogen and oxygen atoms in total. The molecule has 0 aliphatic heterocycles. The van der Waals surface area contributed by atoms with E-state index in [0.29, 0.717) is 10.7 Å². The molecular formula is C15H15ClF3N3O. The Morgan fingerprint density at radius 2 is 1.78 bits per heavy atom. The smallest absolute Gasteiger partial charge is 0.423 e. The number of aromatic nitrogens is 2. The maximum Gasteiger partial charge on any atom is 0.423 e.